The molecular formula is C17H16O5. The van der Waals surface area contributed by atoms with E-state index in [0.29, 0.717) is 5.75 Å². The van der Waals surface area contributed by atoms with Crippen LogP contribution in [-0.2, 0) is 16.1 Å². The highest BCUT2D eigenvalue weighted by Gasteiger charge is 2.28. The standard InChI is InChI=1S/C9H8O2.C8H8O3/c1-6-7-4-2-3-5-8(7)11-9(6)10;9-8(10)11-6-7-4-2-1-3-5-7/h2-6H,1H3;1-5H,6H2,(H,9,10). The Labute approximate surface area is 128 Å². The van der Waals surface area contributed by atoms with E-state index >= 15 is 0 Å². The fourth-order valence-corrected chi connectivity index (χ4v) is 1.97. The Bertz CT molecular complexity index is 651. The minimum atomic E-state index is -1.24. The van der Waals surface area contributed by atoms with E-state index in [1.165, 1.54) is 0 Å². The molecule has 3 rings (SSSR count). The van der Waals surface area contributed by atoms with Crippen molar-refractivity contribution >= 4 is 12.1 Å². The number of benzene rings is 2. The van der Waals surface area contributed by atoms with E-state index in [9.17, 15) is 9.59 Å². The van der Waals surface area contributed by atoms with Crippen molar-refractivity contribution in [3.05, 3.63) is 65.7 Å². The molecule has 0 radical (unpaired) electrons. The molecule has 5 heteroatoms. The summed E-state index contributed by atoms with van der Waals surface area (Å²) in [5, 5.41) is 8.15. The van der Waals surface area contributed by atoms with Gasteiger partial charge in [0.15, 0.2) is 0 Å². The maximum atomic E-state index is 11.0. The summed E-state index contributed by atoms with van der Waals surface area (Å²) in [5.41, 5.74) is 1.85. The molecule has 2 aromatic carbocycles. The lowest BCUT2D eigenvalue weighted by Crippen LogP contribution is -2.05. The number of para-hydroxylation sites is 1. The molecule has 0 aromatic heterocycles. The molecular weight excluding hydrogens is 284 g/mol. The first kappa shape index (κ1) is 15.6. The Morgan fingerprint density at radius 1 is 1.14 bits per heavy atom. The highest BCUT2D eigenvalue weighted by molar-refractivity contribution is 5.85. The van der Waals surface area contributed by atoms with Gasteiger partial charge in [-0.3, -0.25) is 4.79 Å². The topological polar surface area (TPSA) is 72.8 Å². The van der Waals surface area contributed by atoms with Crippen molar-refractivity contribution in [1.82, 2.24) is 0 Å². The van der Waals surface area contributed by atoms with E-state index in [4.69, 9.17) is 9.84 Å². The van der Waals surface area contributed by atoms with Crippen LogP contribution in [0.1, 0.15) is 24.0 Å². The van der Waals surface area contributed by atoms with E-state index < -0.39 is 6.16 Å². The molecule has 1 unspecified atom stereocenters. The second-order valence-corrected chi connectivity index (χ2v) is 4.72. The summed E-state index contributed by atoms with van der Waals surface area (Å²) >= 11 is 0. The second kappa shape index (κ2) is 7.26. The van der Waals surface area contributed by atoms with Crippen LogP contribution in [0.25, 0.3) is 0 Å². The minimum absolute atomic E-state index is 0.0915. The van der Waals surface area contributed by atoms with E-state index in [1.807, 2.05) is 61.5 Å². The van der Waals surface area contributed by atoms with Crippen molar-refractivity contribution in [3.63, 3.8) is 0 Å². The summed E-state index contributed by atoms with van der Waals surface area (Å²) in [6, 6.07) is 16.7. The third-order valence-corrected chi connectivity index (χ3v) is 3.15. The first-order valence-electron chi connectivity index (χ1n) is 6.78. The number of ether oxygens (including phenoxy) is 2. The van der Waals surface area contributed by atoms with Crippen LogP contribution >= 0.6 is 0 Å². The number of carbonyl (C=O) groups excluding carboxylic acids is 1. The molecule has 0 bridgehead atoms. The van der Waals surface area contributed by atoms with E-state index in [1.54, 1.807) is 0 Å². The van der Waals surface area contributed by atoms with Crippen LogP contribution < -0.4 is 4.74 Å². The summed E-state index contributed by atoms with van der Waals surface area (Å²) in [6.07, 6.45) is -1.24. The number of carbonyl (C=O) groups is 2. The maximum Gasteiger partial charge on any atom is 0.506 e. The molecule has 0 amide bonds. The summed E-state index contributed by atoms with van der Waals surface area (Å²) in [4.78, 5) is 21.0. The number of esters is 1. The maximum absolute atomic E-state index is 11.0. The molecule has 5 nitrogen and oxygen atoms in total. The van der Waals surface area contributed by atoms with Crippen LogP contribution in [-0.4, -0.2) is 17.2 Å². The molecule has 1 aliphatic rings. The molecule has 1 heterocycles. The Morgan fingerprint density at radius 3 is 2.41 bits per heavy atom. The van der Waals surface area contributed by atoms with Crippen LogP contribution in [0.4, 0.5) is 4.79 Å². The lowest BCUT2D eigenvalue weighted by molar-refractivity contribution is -0.133. The van der Waals surface area contributed by atoms with Crippen molar-refractivity contribution < 1.29 is 24.2 Å². The molecule has 114 valence electrons. The van der Waals surface area contributed by atoms with Gasteiger partial charge in [0, 0.05) is 5.56 Å². The smallest absolute Gasteiger partial charge is 0.450 e. The predicted octanol–water partition coefficient (Wildman–Crippen LogP) is 3.59. The van der Waals surface area contributed by atoms with Gasteiger partial charge < -0.3 is 14.6 Å². The van der Waals surface area contributed by atoms with Gasteiger partial charge in [-0.15, -0.1) is 0 Å². The van der Waals surface area contributed by atoms with Crippen LogP contribution in [0, 0.1) is 0 Å². The van der Waals surface area contributed by atoms with Gasteiger partial charge in [0.25, 0.3) is 0 Å². The average Bonchev–Trinajstić information content (AvgIpc) is 2.82. The van der Waals surface area contributed by atoms with Crippen LogP contribution in [0.5, 0.6) is 5.75 Å². The molecule has 0 aliphatic carbocycles. The highest BCUT2D eigenvalue weighted by Crippen LogP contribution is 2.33. The Hall–Kier alpha value is -2.82. The van der Waals surface area contributed by atoms with Crippen molar-refractivity contribution in [3.8, 4) is 5.75 Å². The van der Waals surface area contributed by atoms with Crippen LogP contribution in [0.15, 0.2) is 54.6 Å². The molecule has 0 saturated heterocycles. The van der Waals surface area contributed by atoms with E-state index in [2.05, 4.69) is 4.74 Å². The monoisotopic (exact) mass is 300 g/mol. The average molecular weight is 300 g/mol. The van der Waals surface area contributed by atoms with E-state index in [0.717, 1.165) is 11.1 Å². The van der Waals surface area contributed by atoms with Crippen molar-refractivity contribution in [2.24, 2.45) is 0 Å². The van der Waals surface area contributed by atoms with Crippen molar-refractivity contribution in [2.75, 3.05) is 0 Å². The molecule has 1 N–H and O–H groups in total. The molecule has 1 aliphatic heterocycles. The van der Waals surface area contributed by atoms with Crippen molar-refractivity contribution in [2.45, 2.75) is 19.4 Å². The quantitative estimate of drug-likeness (QED) is 0.677. The number of hydrogen-bond donors (Lipinski definition) is 1. The third-order valence-electron chi connectivity index (χ3n) is 3.15. The van der Waals surface area contributed by atoms with Gasteiger partial charge >= 0.3 is 12.1 Å². The lowest BCUT2D eigenvalue weighted by atomic mass is 10.0. The Kier molecular flexibility index (Phi) is 5.14. The minimum Gasteiger partial charge on any atom is -0.450 e. The van der Waals surface area contributed by atoms with Crippen molar-refractivity contribution in [1.29, 1.82) is 0 Å². The lowest BCUT2D eigenvalue weighted by Gasteiger charge is -1.98. The largest absolute Gasteiger partial charge is 0.506 e. The van der Waals surface area contributed by atoms with Gasteiger partial charge in [-0.25, -0.2) is 4.79 Å². The first-order valence-corrected chi connectivity index (χ1v) is 6.78. The van der Waals surface area contributed by atoms with Gasteiger partial charge in [0.2, 0.25) is 0 Å². The molecule has 0 fully saturated rings. The SMILES string of the molecule is CC1C(=O)Oc2ccccc21.O=C(O)OCc1ccccc1. The summed E-state index contributed by atoms with van der Waals surface area (Å²) in [7, 11) is 0. The fourth-order valence-electron chi connectivity index (χ4n) is 1.97. The summed E-state index contributed by atoms with van der Waals surface area (Å²) < 4.78 is 9.32. The van der Waals surface area contributed by atoms with Gasteiger partial charge in [-0.2, -0.15) is 0 Å². The zero-order chi connectivity index (χ0) is 15.9. The van der Waals surface area contributed by atoms with Gasteiger partial charge in [-0.05, 0) is 18.6 Å². The number of hydrogen-bond acceptors (Lipinski definition) is 4. The molecule has 2 aromatic rings. The molecule has 0 spiro atoms. The second-order valence-electron chi connectivity index (χ2n) is 4.72. The number of rotatable bonds is 2. The predicted molar refractivity (Wildman–Crippen MR) is 79.7 cm³/mol. The summed E-state index contributed by atoms with van der Waals surface area (Å²) in [5.74, 6) is 0.474. The molecule has 22 heavy (non-hydrogen) atoms. The van der Waals surface area contributed by atoms with Crippen LogP contribution in [0.2, 0.25) is 0 Å². The first-order chi connectivity index (χ1) is 10.6. The van der Waals surface area contributed by atoms with Gasteiger partial charge in [0.05, 0.1) is 5.92 Å². The number of fused-ring (bicyclic) bond motifs is 1. The van der Waals surface area contributed by atoms with Gasteiger partial charge in [0.1, 0.15) is 12.4 Å². The number of carboxylic acid groups (broad SMARTS) is 1. The third kappa shape index (κ3) is 4.09. The zero-order valence-corrected chi connectivity index (χ0v) is 12.1. The molecule has 1 atom stereocenters. The van der Waals surface area contributed by atoms with E-state index in [-0.39, 0.29) is 18.5 Å². The fraction of sp³-hybridized carbons (Fsp3) is 0.176. The van der Waals surface area contributed by atoms with Gasteiger partial charge in [-0.1, -0.05) is 48.5 Å². The highest BCUT2D eigenvalue weighted by atomic mass is 16.7. The summed E-state index contributed by atoms with van der Waals surface area (Å²) in [6.45, 7) is 1.98. The molecule has 0 saturated carbocycles. The zero-order valence-electron chi connectivity index (χ0n) is 12.1. The Balaban J connectivity index is 0.000000160. The normalized spacial score (nSPS) is 15.1. The Morgan fingerprint density at radius 2 is 1.77 bits per heavy atom. The van der Waals surface area contributed by atoms with Crippen LogP contribution in [0.3, 0.4) is 0 Å².